The zero-order valence-corrected chi connectivity index (χ0v) is 8.29. The normalized spacial score (nSPS) is 13.1. The molecule has 0 spiro atoms. The lowest BCUT2D eigenvalue weighted by atomic mass is 10.2. The molecule has 0 N–H and O–H groups in total. The van der Waals surface area contributed by atoms with Crippen LogP contribution in [0.25, 0.3) is 6.08 Å². The van der Waals surface area contributed by atoms with E-state index in [1.165, 1.54) is 24.3 Å². The first-order chi connectivity index (χ1) is 6.39. The SMILES string of the molecule is FC(=Cc1ccc(Cl)cc1)C(F)(F)Cl. The summed E-state index contributed by atoms with van der Waals surface area (Å²) in [6.07, 6.45) is 0.656. The largest absolute Gasteiger partial charge is 0.373 e. The smallest absolute Gasteiger partial charge is 0.204 e. The molecule has 0 heterocycles. The van der Waals surface area contributed by atoms with Crippen molar-refractivity contribution in [2.45, 2.75) is 5.38 Å². The summed E-state index contributed by atoms with van der Waals surface area (Å²) in [6.45, 7) is 0. The zero-order valence-electron chi connectivity index (χ0n) is 6.78. The van der Waals surface area contributed by atoms with Crippen molar-refractivity contribution in [3.8, 4) is 0 Å². The third-order valence-corrected chi connectivity index (χ3v) is 1.87. The molecule has 0 aliphatic heterocycles. The minimum absolute atomic E-state index is 0.271. The van der Waals surface area contributed by atoms with Crippen molar-refractivity contribution in [2.75, 3.05) is 0 Å². The van der Waals surface area contributed by atoms with Gasteiger partial charge in [-0.05, 0) is 35.4 Å². The van der Waals surface area contributed by atoms with E-state index in [0.29, 0.717) is 11.1 Å². The van der Waals surface area contributed by atoms with E-state index in [-0.39, 0.29) is 5.56 Å². The Morgan fingerprint density at radius 2 is 1.71 bits per heavy atom. The van der Waals surface area contributed by atoms with Gasteiger partial charge in [0.05, 0.1) is 0 Å². The Morgan fingerprint density at radius 1 is 1.21 bits per heavy atom. The second-order valence-electron chi connectivity index (χ2n) is 2.54. The number of hydrogen-bond acceptors (Lipinski definition) is 0. The van der Waals surface area contributed by atoms with E-state index in [1.54, 1.807) is 0 Å². The highest BCUT2D eigenvalue weighted by atomic mass is 35.5. The van der Waals surface area contributed by atoms with E-state index in [9.17, 15) is 13.2 Å². The fraction of sp³-hybridized carbons (Fsp3) is 0.111. The fourth-order valence-corrected chi connectivity index (χ4v) is 0.968. The third kappa shape index (κ3) is 3.24. The summed E-state index contributed by atoms with van der Waals surface area (Å²) in [6, 6.07) is 5.75. The first-order valence-electron chi connectivity index (χ1n) is 3.59. The van der Waals surface area contributed by atoms with Crippen LogP contribution in [0.5, 0.6) is 0 Å². The van der Waals surface area contributed by atoms with Crippen molar-refractivity contribution >= 4 is 29.3 Å². The molecular formula is C9H5Cl2F3. The molecule has 1 aromatic carbocycles. The lowest BCUT2D eigenvalue weighted by Crippen LogP contribution is -2.05. The minimum atomic E-state index is -3.96. The summed E-state index contributed by atoms with van der Waals surface area (Å²) in [4.78, 5) is 0. The molecular weight excluding hydrogens is 236 g/mol. The van der Waals surface area contributed by atoms with E-state index in [2.05, 4.69) is 11.6 Å². The van der Waals surface area contributed by atoms with Gasteiger partial charge in [0, 0.05) is 5.02 Å². The van der Waals surface area contributed by atoms with Crippen LogP contribution >= 0.6 is 23.2 Å². The van der Waals surface area contributed by atoms with Crippen LogP contribution in [0.15, 0.2) is 30.1 Å². The van der Waals surface area contributed by atoms with Crippen LogP contribution in [-0.4, -0.2) is 5.38 Å². The molecule has 0 nitrogen and oxygen atoms in total. The summed E-state index contributed by atoms with van der Waals surface area (Å²) in [7, 11) is 0. The molecule has 0 amide bonds. The van der Waals surface area contributed by atoms with Crippen LogP contribution in [-0.2, 0) is 0 Å². The lowest BCUT2D eigenvalue weighted by Gasteiger charge is -2.03. The number of rotatable bonds is 2. The van der Waals surface area contributed by atoms with Gasteiger partial charge in [0.15, 0.2) is 5.83 Å². The van der Waals surface area contributed by atoms with Gasteiger partial charge in [-0.1, -0.05) is 23.7 Å². The van der Waals surface area contributed by atoms with Gasteiger partial charge < -0.3 is 0 Å². The van der Waals surface area contributed by atoms with E-state index >= 15 is 0 Å². The Morgan fingerprint density at radius 3 is 2.14 bits per heavy atom. The monoisotopic (exact) mass is 240 g/mol. The maximum absolute atomic E-state index is 12.6. The van der Waals surface area contributed by atoms with Gasteiger partial charge in [0.1, 0.15) is 0 Å². The van der Waals surface area contributed by atoms with Crippen molar-refractivity contribution in [1.29, 1.82) is 0 Å². The van der Waals surface area contributed by atoms with E-state index in [0.717, 1.165) is 0 Å². The second kappa shape index (κ2) is 4.24. The van der Waals surface area contributed by atoms with E-state index < -0.39 is 11.2 Å². The zero-order chi connectivity index (χ0) is 10.8. The molecule has 0 bridgehead atoms. The standard InChI is InChI=1S/C9H5Cl2F3/c10-7-3-1-6(2-4-7)5-8(12)9(11,13)14/h1-5H. The predicted molar refractivity (Wildman–Crippen MR) is 51.3 cm³/mol. The summed E-state index contributed by atoms with van der Waals surface area (Å²) in [5.74, 6) is -1.69. The number of allylic oxidation sites excluding steroid dienone is 1. The van der Waals surface area contributed by atoms with E-state index in [4.69, 9.17) is 11.6 Å². The molecule has 14 heavy (non-hydrogen) atoms. The Labute approximate surface area is 88.9 Å². The van der Waals surface area contributed by atoms with Crippen LogP contribution in [0.1, 0.15) is 5.56 Å². The molecule has 0 aliphatic carbocycles. The molecule has 1 rings (SSSR count). The second-order valence-corrected chi connectivity index (χ2v) is 3.45. The minimum Gasteiger partial charge on any atom is -0.204 e. The molecule has 0 aromatic heterocycles. The molecule has 0 saturated carbocycles. The average Bonchev–Trinajstić information content (AvgIpc) is 2.07. The first kappa shape index (κ1) is 11.4. The third-order valence-electron chi connectivity index (χ3n) is 1.43. The molecule has 5 heteroatoms. The van der Waals surface area contributed by atoms with Gasteiger partial charge in [-0.15, -0.1) is 0 Å². The van der Waals surface area contributed by atoms with Crippen molar-refractivity contribution in [2.24, 2.45) is 0 Å². The molecule has 76 valence electrons. The van der Waals surface area contributed by atoms with Crippen LogP contribution in [0, 0.1) is 0 Å². The van der Waals surface area contributed by atoms with Crippen molar-refractivity contribution < 1.29 is 13.2 Å². The predicted octanol–water partition coefficient (Wildman–Crippen LogP) is 4.48. The van der Waals surface area contributed by atoms with Crippen LogP contribution < -0.4 is 0 Å². The lowest BCUT2D eigenvalue weighted by molar-refractivity contribution is 0.112. The molecule has 0 aliphatic rings. The summed E-state index contributed by atoms with van der Waals surface area (Å²) >= 11 is 10.0. The Bertz CT molecular complexity index is 338. The number of hydrogen-bond donors (Lipinski definition) is 0. The summed E-state index contributed by atoms with van der Waals surface area (Å²) in [5.41, 5.74) is 0.271. The summed E-state index contributed by atoms with van der Waals surface area (Å²) < 4.78 is 37.0. The Balaban J connectivity index is 2.93. The molecule has 0 radical (unpaired) electrons. The molecule has 0 unspecified atom stereocenters. The maximum Gasteiger partial charge on any atom is 0.373 e. The number of benzene rings is 1. The Kier molecular flexibility index (Phi) is 3.45. The fourth-order valence-electron chi connectivity index (χ4n) is 0.787. The van der Waals surface area contributed by atoms with Crippen molar-refractivity contribution in [1.82, 2.24) is 0 Å². The van der Waals surface area contributed by atoms with E-state index in [1.807, 2.05) is 0 Å². The number of alkyl halides is 3. The topological polar surface area (TPSA) is 0 Å². The van der Waals surface area contributed by atoms with Crippen LogP contribution in [0.2, 0.25) is 5.02 Å². The number of halogens is 5. The summed E-state index contributed by atoms with van der Waals surface area (Å²) in [5, 5.41) is -3.51. The van der Waals surface area contributed by atoms with Crippen LogP contribution in [0.3, 0.4) is 0 Å². The maximum atomic E-state index is 12.6. The van der Waals surface area contributed by atoms with Gasteiger partial charge >= 0.3 is 5.38 Å². The average molecular weight is 241 g/mol. The molecule has 0 atom stereocenters. The highest BCUT2D eigenvalue weighted by molar-refractivity contribution is 6.30. The Hall–Kier alpha value is -0.670. The van der Waals surface area contributed by atoms with Gasteiger partial charge in [0.25, 0.3) is 0 Å². The quantitative estimate of drug-likeness (QED) is 0.669. The van der Waals surface area contributed by atoms with Crippen LogP contribution in [0.4, 0.5) is 13.2 Å². The first-order valence-corrected chi connectivity index (χ1v) is 4.35. The van der Waals surface area contributed by atoms with Gasteiger partial charge in [-0.2, -0.15) is 8.78 Å². The van der Waals surface area contributed by atoms with Gasteiger partial charge in [-0.3, -0.25) is 0 Å². The molecule has 0 fully saturated rings. The van der Waals surface area contributed by atoms with Gasteiger partial charge in [0.2, 0.25) is 0 Å². The van der Waals surface area contributed by atoms with Crippen molar-refractivity contribution in [3.05, 3.63) is 40.7 Å². The molecule has 1 aromatic rings. The highest BCUT2D eigenvalue weighted by Crippen LogP contribution is 2.31. The van der Waals surface area contributed by atoms with Gasteiger partial charge in [-0.25, -0.2) is 4.39 Å². The molecule has 0 saturated heterocycles. The van der Waals surface area contributed by atoms with Crippen molar-refractivity contribution in [3.63, 3.8) is 0 Å². The highest BCUT2D eigenvalue weighted by Gasteiger charge is 2.31.